The minimum atomic E-state index is -2.41. The second-order valence-corrected chi connectivity index (χ2v) is 3.28. The Morgan fingerprint density at radius 3 is 2.80 bits per heavy atom. The van der Waals surface area contributed by atoms with E-state index in [2.05, 4.69) is 9.97 Å². The summed E-state index contributed by atoms with van der Waals surface area (Å²) in [6, 6.07) is 0. The summed E-state index contributed by atoms with van der Waals surface area (Å²) in [5, 5.41) is -0.509. The van der Waals surface area contributed by atoms with Crippen molar-refractivity contribution in [2.24, 2.45) is 0 Å². The standard InChI is InChI=1S/C5H8N2O2S/c1-4(10(8)9)5-6-2-3-7-5/h2-4,10H,1H3,(H,6,7). The largest absolute Gasteiger partial charge is 0.348 e. The van der Waals surface area contributed by atoms with Crippen LogP contribution in [0, 0.1) is 0 Å². The Hall–Kier alpha value is -0.840. The predicted octanol–water partition coefficient (Wildman–Crippen LogP) is 0.0821. The van der Waals surface area contributed by atoms with Crippen molar-refractivity contribution in [2.45, 2.75) is 12.2 Å². The van der Waals surface area contributed by atoms with E-state index in [0.29, 0.717) is 5.82 Å². The van der Waals surface area contributed by atoms with E-state index in [-0.39, 0.29) is 0 Å². The molecule has 0 saturated heterocycles. The molecule has 0 fully saturated rings. The van der Waals surface area contributed by atoms with E-state index < -0.39 is 16.0 Å². The van der Waals surface area contributed by atoms with Crippen LogP contribution in [0.25, 0.3) is 0 Å². The van der Waals surface area contributed by atoms with E-state index in [4.69, 9.17) is 0 Å². The monoisotopic (exact) mass is 160 g/mol. The summed E-state index contributed by atoms with van der Waals surface area (Å²) >= 11 is 0. The molecule has 0 aliphatic rings. The Morgan fingerprint density at radius 1 is 1.70 bits per heavy atom. The summed E-state index contributed by atoms with van der Waals surface area (Å²) in [7, 11) is -2.41. The molecule has 0 aliphatic carbocycles. The highest BCUT2D eigenvalue weighted by atomic mass is 32.2. The molecule has 5 heteroatoms. The number of imidazole rings is 1. The van der Waals surface area contributed by atoms with Gasteiger partial charge in [0.2, 0.25) is 0 Å². The first-order valence-corrected chi connectivity index (χ1v) is 4.09. The van der Waals surface area contributed by atoms with Crippen molar-refractivity contribution in [3.8, 4) is 0 Å². The smallest absolute Gasteiger partial charge is 0.149 e. The second kappa shape index (κ2) is 2.83. The molecule has 1 unspecified atom stereocenters. The number of hydrogen-bond acceptors (Lipinski definition) is 3. The van der Waals surface area contributed by atoms with Gasteiger partial charge in [0.05, 0.1) is 0 Å². The first-order chi connectivity index (χ1) is 4.72. The fraction of sp³-hybridized carbons (Fsp3) is 0.400. The van der Waals surface area contributed by atoms with E-state index in [1.165, 1.54) is 6.20 Å². The van der Waals surface area contributed by atoms with E-state index >= 15 is 0 Å². The highest BCUT2D eigenvalue weighted by Crippen LogP contribution is 2.08. The molecular weight excluding hydrogens is 152 g/mol. The van der Waals surface area contributed by atoms with E-state index in [0.717, 1.165) is 0 Å². The summed E-state index contributed by atoms with van der Waals surface area (Å²) in [5.74, 6) is 0.496. The zero-order chi connectivity index (χ0) is 7.56. The highest BCUT2D eigenvalue weighted by molar-refractivity contribution is 7.72. The number of nitrogens with zero attached hydrogens (tertiary/aromatic N) is 1. The SMILES string of the molecule is CC(c1ncc[nH]1)[SH](=O)=O. The molecule has 1 rings (SSSR count). The van der Waals surface area contributed by atoms with Gasteiger partial charge in [-0.1, -0.05) is 0 Å². The normalized spacial score (nSPS) is 13.8. The summed E-state index contributed by atoms with van der Waals surface area (Å²) in [5.41, 5.74) is 0. The van der Waals surface area contributed by atoms with Crippen molar-refractivity contribution in [1.29, 1.82) is 0 Å². The Labute approximate surface area is 60.2 Å². The average molecular weight is 160 g/mol. The van der Waals surface area contributed by atoms with Crippen LogP contribution in [0.4, 0.5) is 0 Å². The van der Waals surface area contributed by atoms with Gasteiger partial charge < -0.3 is 4.98 Å². The maximum Gasteiger partial charge on any atom is 0.149 e. The Balaban J connectivity index is 2.87. The van der Waals surface area contributed by atoms with Crippen LogP contribution in [0.2, 0.25) is 0 Å². The van der Waals surface area contributed by atoms with Crippen molar-refractivity contribution >= 4 is 10.7 Å². The number of aromatic amines is 1. The molecule has 1 aromatic rings. The van der Waals surface area contributed by atoms with Crippen LogP contribution in [-0.4, -0.2) is 18.4 Å². The molecule has 1 aromatic heterocycles. The molecule has 0 bridgehead atoms. The number of H-pyrrole nitrogens is 1. The summed E-state index contributed by atoms with van der Waals surface area (Å²) in [6.07, 6.45) is 3.13. The minimum absolute atomic E-state index is 0.496. The Bertz CT molecular complexity index is 257. The van der Waals surface area contributed by atoms with Gasteiger partial charge in [0.15, 0.2) is 0 Å². The van der Waals surface area contributed by atoms with E-state index in [9.17, 15) is 8.42 Å². The van der Waals surface area contributed by atoms with Gasteiger partial charge in [-0.15, -0.1) is 0 Å². The number of rotatable bonds is 2. The second-order valence-electron chi connectivity index (χ2n) is 1.94. The third kappa shape index (κ3) is 1.36. The molecule has 0 spiro atoms. The van der Waals surface area contributed by atoms with Crippen LogP contribution >= 0.6 is 0 Å². The van der Waals surface area contributed by atoms with Crippen LogP contribution in [0.5, 0.6) is 0 Å². The fourth-order valence-corrected chi connectivity index (χ4v) is 0.947. The van der Waals surface area contributed by atoms with Gasteiger partial charge in [0.25, 0.3) is 0 Å². The lowest BCUT2D eigenvalue weighted by atomic mass is 10.5. The van der Waals surface area contributed by atoms with E-state index in [1.54, 1.807) is 13.1 Å². The molecule has 0 saturated carbocycles. The van der Waals surface area contributed by atoms with Crippen LogP contribution in [0.1, 0.15) is 18.0 Å². The quantitative estimate of drug-likeness (QED) is 0.602. The first-order valence-electron chi connectivity index (χ1n) is 2.84. The maximum atomic E-state index is 10.4. The molecular formula is C5H8N2O2S. The van der Waals surface area contributed by atoms with Gasteiger partial charge in [-0.2, -0.15) is 0 Å². The van der Waals surface area contributed by atoms with Crippen LogP contribution in [-0.2, 0) is 10.7 Å². The van der Waals surface area contributed by atoms with Gasteiger partial charge in [0, 0.05) is 12.4 Å². The average Bonchev–Trinajstić information content (AvgIpc) is 2.36. The molecule has 0 radical (unpaired) electrons. The third-order valence-electron chi connectivity index (χ3n) is 1.23. The third-order valence-corrected chi connectivity index (χ3v) is 2.11. The topological polar surface area (TPSA) is 62.8 Å². The lowest BCUT2D eigenvalue weighted by Gasteiger charge is -1.95. The number of aromatic nitrogens is 2. The van der Waals surface area contributed by atoms with Crippen LogP contribution in [0.3, 0.4) is 0 Å². The first kappa shape index (κ1) is 7.27. The maximum absolute atomic E-state index is 10.4. The van der Waals surface area contributed by atoms with Crippen molar-refractivity contribution in [2.75, 3.05) is 0 Å². The number of thiol groups is 1. The summed E-state index contributed by atoms with van der Waals surface area (Å²) < 4.78 is 20.7. The van der Waals surface area contributed by atoms with Crippen LogP contribution < -0.4 is 0 Å². The number of hydrogen-bond donors (Lipinski definition) is 2. The van der Waals surface area contributed by atoms with Gasteiger partial charge in [-0.3, -0.25) is 0 Å². The van der Waals surface area contributed by atoms with E-state index in [1.807, 2.05) is 0 Å². The molecule has 0 aromatic carbocycles. The Morgan fingerprint density at radius 2 is 2.40 bits per heavy atom. The highest BCUT2D eigenvalue weighted by Gasteiger charge is 2.08. The van der Waals surface area contributed by atoms with Crippen molar-refractivity contribution < 1.29 is 8.42 Å². The molecule has 4 nitrogen and oxygen atoms in total. The Kier molecular flexibility index (Phi) is 2.06. The van der Waals surface area contributed by atoms with Gasteiger partial charge in [-0.05, 0) is 6.92 Å². The van der Waals surface area contributed by atoms with Gasteiger partial charge >= 0.3 is 0 Å². The predicted molar refractivity (Wildman–Crippen MR) is 37.3 cm³/mol. The van der Waals surface area contributed by atoms with Gasteiger partial charge in [0.1, 0.15) is 21.8 Å². The van der Waals surface area contributed by atoms with Gasteiger partial charge in [-0.25, -0.2) is 13.4 Å². The zero-order valence-corrected chi connectivity index (χ0v) is 6.34. The number of nitrogens with one attached hydrogen (secondary N) is 1. The fourth-order valence-electron chi connectivity index (χ4n) is 0.606. The van der Waals surface area contributed by atoms with Crippen molar-refractivity contribution in [3.05, 3.63) is 18.2 Å². The molecule has 10 heavy (non-hydrogen) atoms. The summed E-state index contributed by atoms with van der Waals surface area (Å²) in [4.78, 5) is 6.52. The molecule has 1 N–H and O–H groups in total. The molecule has 1 heterocycles. The molecule has 0 aliphatic heterocycles. The lowest BCUT2D eigenvalue weighted by Crippen LogP contribution is -1.96. The van der Waals surface area contributed by atoms with Crippen molar-refractivity contribution in [3.63, 3.8) is 0 Å². The molecule has 56 valence electrons. The zero-order valence-electron chi connectivity index (χ0n) is 5.44. The lowest BCUT2D eigenvalue weighted by molar-refractivity contribution is 0.603. The van der Waals surface area contributed by atoms with Crippen LogP contribution in [0.15, 0.2) is 12.4 Å². The summed E-state index contributed by atoms with van der Waals surface area (Å²) in [6.45, 7) is 1.59. The van der Waals surface area contributed by atoms with Crippen molar-refractivity contribution in [1.82, 2.24) is 9.97 Å². The molecule has 1 atom stereocenters. The minimum Gasteiger partial charge on any atom is -0.348 e. The molecule has 0 amide bonds.